The fraction of sp³-hybridized carbons (Fsp3) is 0.778. The van der Waals surface area contributed by atoms with Crippen LogP contribution in [0.2, 0.25) is 0 Å². The molecule has 0 aliphatic rings. The van der Waals surface area contributed by atoms with Crippen molar-refractivity contribution in [1.82, 2.24) is 0 Å². The van der Waals surface area contributed by atoms with Crippen molar-refractivity contribution in [2.75, 3.05) is 6.54 Å². The highest BCUT2D eigenvalue weighted by molar-refractivity contribution is 4.78. The molecule has 2 nitrogen and oxygen atoms in total. The zero-order chi connectivity index (χ0) is 8.69. The van der Waals surface area contributed by atoms with Crippen LogP contribution in [-0.2, 0) is 0 Å². The molecule has 11 heavy (non-hydrogen) atoms. The van der Waals surface area contributed by atoms with E-state index in [1.165, 1.54) is 0 Å². The van der Waals surface area contributed by atoms with E-state index in [4.69, 9.17) is 11.5 Å². The van der Waals surface area contributed by atoms with Gasteiger partial charge in [0, 0.05) is 6.04 Å². The number of hydrogen-bond acceptors (Lipinski definition) is 2. The minimum atomic E-state index is 0.263. The van der Waals surface area contributed by atoms with Gasteiger partial charge in [0.25, 0.3) is 0 Å². The Kier molecular flexibility index (Phi) is 6.18. The van der Waals surface area contributed by atoms with Gasteiger partial charge in [0.15, 0.2) is 0 Å². The summed E-state index contributed by atoms with van der Waals surface area (Å²) in [7, 11) is 0. The van der Waals surface area contributed by atoms with Crippen molar-refractivity contribution in [3.05, 3.63) is 12.7 Å². The first kappa shape index (κ1) is 10.7. The monoisotopic (exact) mass is 156 g/mol. The Morgan fingerprint density at radius 3 is 2.64 bits per heavy atom. The van der Waals surface area contributed by atoms with E-state index in [2.05, 4.69) is 13.5 Å². The van der Waals surface area contributed by atoms with Gasteiger partial charge in [0.2, 0.25) is 0 Å². The topological polar surface area (TPSA) is 52.0 Å². The van der Waals surface area contributed by atoms with Gasteiger partial charge in [-0.15, -0.1) is 6.58 Å². The Balaban J connectivity index is 3.45. The van der Waals surface area contributed by atoms with E-state index in [-0.39, 0.29) is 6.04 Å². The minimum Gasteiger partial charge on any atom is -0.330 e. The molecule has 0 radical (unpaired) electrons. The van der Waals surface area contributed by atoms with Crippen LogP contribution in [0.5, 0.6) is 0 Å². The van der Waals surface area contributed by atoms with Gasteiger partial charge >= 0.3 is 0 Å². The average molecular weight is 156 g/mol. The Morgan fingerprint density at radius 1 is 1.55 bits per heavy atom. The van der Waals surface area contributed by atoms with Crippen LogP contribution in [0.4, 0.5) is 0 Å². The summed E-state index contributed by atoms with van der Waals surface area (Å²) in [6.45, 7) is 6.60. The van der Waals surface area contributed by atoms with Gasteiger partial charge in [0.05, 0.1) is 0 Å². The predicted octanol–water partition coefficient (Wildman–Crippen LogP) is 1.26. The van der Waals surface area contributed by atoms with Gasteiger partial charge in [-0.2, -0.15) is 0 Å². The molecule has 0 rings (SSSR count). The first-order valence-electron chi connectivity index (χ1n) is 4.29. The molecule has 66 valence electrons. The average Bonchev–Trinajstić information content (AvgIpc) is 2.00. The molecule has 0 heterocycles. The van der Waals surface area contributed by atoms with E-state index >= 15 is 0 Å². The van der Waals surface area contributed by atoms with Crippen molar-refractivity contribution in [3.8, 4) is 0 Å². The molecule has 2 atom stereocenters. The van der Waals surface area contributed by atoms with Crippen LogP contribution in [0.25, 0.3) is 0 Å². The van der Waals surface area contributed by atoms with Gasteiger partial charge in [-0.3, -0.25) is 0 Å². The van der Waals surface area contributed by atoms with Crippen LogP contribution in [0, 0.1) is 5.92 Å². The van der Waals surface area contributed by atoms with E-state index in [0.717, 1.165) is 25.8 Å². The number of hydrogen-bond donors (Lipinski definition) is 2. The van der Waals surface area contributed by atoms with Crippen molar-refractivity contribution >= 4 is 0 Å². The summed E-state index contributed by atoms with van der Waals surface area (Å²) >= 11 is 0. The normalized spacial score (nSPS) is 15.9. The highest BCUT2D eigenvalue weighted by Crippen LogP contribution is 2.11. The molecule has 0 amide bonds. The molecule has 0 aromatic heterocycles. The van der Waals surface area contributed by atoms with Crippen molar-refractivity contribution in [1.29, 1.82) is 0 Å². The van der Waals surface area contributed by atoms with Crippen LogP contribution in [0.3, 0.4) is 0 Å². The van der Waals surface area contributed by atoms with Gasteiger partial charge < -0.3 is 11.5 Å². The van der Waals surface area contributed by atoms with Gasteiger partial charge in [-0.05, 0) is 31.7 Å². The molecule has 0 aliphatic carbocycles. The summed E-state index contributed by atoms with van der Waals surface area (Å²) in [6, 6.07) is 0.263. The highest BCUT2D eigenvalue weighted by Gasteiger charge is 2.09. The molecule has 0 aromatic rings. The van der Waals surface area contributed by atoms with Gasteiger partial charge in [-0.1, -0.05) is 13.0 Å². The van der Waals surface area contributed by atoms with E-state index < -0.39 is 0 Å². The minimum absolute atomic E-state index is 0.263. The maximum Gasteiger partial charge on any atom is 0.00991 e. The molecular formula is C9H20N2. The maximum atomic E-state index is 5.86. The summed E-state index contributed by atoms with van der Waals surface area (Å²) < 4.78 is 0. The van der Waals surface area contributed by atoms with Crippen molar-refractivity contribution in [3.63, 3.8) is 0 Å². The lowest BCUT2D eigenvalue weighted by Crippen LogP contribution is -2.27. The molecular weight excluding hydrogens is 136 g/mol. The fourth-order valence-corrected chi connectivity index (χ4v) is 1.08. The zero-order valence-electron chi connectivity index (χ0n) is 7.42. The lowest BCUT2D eigenvalue weighted by atomic mass is 9.95. The Morgan fingerprint density at radius 2 is 2.18 bits per heavy atom. The van der Waals surface area contributed by atoms with E-state index in [1.54, 1.807) is 0 Å². The molecule has 0 aliphatic heterocycles. The van der Waals surface area contributed by atoms with Crippen molar-refractivity contribution < 1.29 is 0 Å². The molecule has 0 fully saturated rings. The lowest BCUT2D eigenvalue weighted by Gasteiger charge is -2.17. The second-order valence-electron chi connectivity index (χ2n) is 3.10. The van der Waals surface area contributed by atoms with Crippen molar-refractivity contribution in [2.45, 2.75) is 32.2 Å². The van der Waals surface area contributed by atoms with E-state index in [0.29, 0.717) is 5.92 Å². The summed E-state index contributed by atoms with van der Waals surface area (Å²) in [5.74, 6) is 0.566. The quantitative estimate of drug-likeness (QED) is 0.569. The number of nitrogens with two attached hydrogens (primary N) is 2. The van der Waals surface area contributed by atoms with Gasteiger partial charge in [0.1, 0.15) is 0 Å². The van der Waals surface area contributed by atoms with E-state index in [1.807, 2.05) is 6.08 Å². The predicted molar refractivity (Wildman–Crippen MR) is 50.2 cm³/mol. The summed E-state index contributed by atoms with van der Waals surface area (Å²) in [6.07, 6.45) is 4.99. The number of rotatable bonds is 6. The molecule has 4 N–H and O–H groups in total. The Labute approximate surface area is 69.6 Å². The third-order valence-corrected chi connectivity index (χ3v) is 2.03. The molecule has 0 saturated carbocycles. The zero-order valence-corrected chi connectivity index (χ0v) is 7.42. The van der Waals surface area contributed by atoms with Crippen LogP contribution >= 0.6 is 0 Å². The molecule has 0 aromatic carbocycles. The van der Waals surface area contributed by atoms with Crippen LogP contribution in [0.15, 0.2) is 12.7 Å². The molecule has 0 bridgehead atoms. The standard InChI is InChI=1S/C9H20N2/c1-3-5-9(11)8(2)6-4-7-10/h3,8-9H,1,4-7,10-11H2,2H3. The highest BCUT2D eigenvalue weighted by atomic mass is 14.6. The summed E-state index contributed by atoms with van der Waals surface area (Å²) in [5.41, 5.74) is 11.2. The summed E-state index contributed by atoms with van der Waals surface area (Å²) in [4.78, 5) is 0. The second kappa shape index (κ2) is 6.38. The molecule has 2 unspecified atom stereocenters. The first-order valence-corrected chi connectivity index (χ1v) is 4.29. The SMILES string of the molecule is C=CCC(N)C(C)CCCN. The Hall–Kier alpha value is -0.340. The third kappa shape index (κ3) is 4.99. The Bertz CT molecular complexity index is 102. The largest absolute Gasteiger partial charge is 0.330 e. The van der Waals surface area contributed by atoms with Crippen LogP contribution in [-0.4, -0.2) is 12.6 Å². The third-order valence-electron chi connectivity index (χ3n) is 2.03. The van der Waals surface area contributed by atoms with Crippen LogP contribution in [0.1, 0.15) is 26.2 Å². The van der Waals surface area contributed by atoms with Crippen molar-refractivity contribution in [2.24, 2.45) is 17.4 Å². The lowest BCUT2D eigenvalue weighted by molar-refractivity contribution is 0.419. The first-order chi connectivity index (χ1) is 5.22. The van der Waals surface area contributed by atoms with E-state index in [9.17, 15) is 0 Å². The smallest absolute Gasteiger partial charge is 0.00991 e. The van der Waals surface area contributed by atoms with Crippen LogP contribution < -0.4 is 11.5 Å². The molecule has 2 heteroatoms. The molecule has 0 saturated heterocycles. The second-order valence-corrected chi connectivity index (χ2v) is 3.10. The van der Waals surface area contributed by atoms with Gasteiger partial charge in [-0.25, -0.2) is 0 Å². The fourth-order valence-electron chi connectivity index (χ4n) is 1.08. The maximum absolute atomic E-state index is 5.86. The summed E-state index contributed by atoms with van der Waals surface area (Å²) in [5, 5.41) is 0. The molecule has 0 spiro atoms.